The number of aromatic nitrogens is 2. The molecule has 5 nitrogen and oxygen atoms in total. The van der Waals surface area contributed by atoms with Gasteiger partial charge in [-0.05, 0) is 48.4 Å². The number of hydrogen-bond donors (Lipinski definition) is 2. The Morgan fingerprint density at radius 2 is 1.81 bits per heavy atom. The lowest BCUT2D eigenvalue weighted by molar-refractivity contribution is 0.269. The van der Waals surface area contributed by atoms with Crippen molar-refractivity contribution in [2.24, 2.45) is 0 Å². The van der Waals surface area contributed by atoms with Gasteiger partial charge in [0.2, 0.25) is 0 Å². The first-order chi connectivity index (χ1) is 15.6. The van der Waals surface area contributed by atoms with E-state index in [1.165, 1.54) is 12.1 Å². The summed E-state index contributed by atoms with van der Waals surface area (Å²) in [5, 5.41) is 4.01. The van der Waals surface area contributed by atoms with Crippen molar-refractivity contribution in [2.45, 2.75) is 26.5 Å². The second-order valence-electron chi connectivity index (χ2n) is 7.37. The van der Waals surface area contributed by atoms with Crippen molar-refractivity contribution in [1.29, 1.82) is 0 Å². The largest absolute Gasteiger partial charge is 0.490 e. The number of ether oxygens (including phenoxy) is 2. The number of H-pyrrole nitrogens is 1. The van der Waals surface area contributed by atoms with Crippen LogP contribution in [-0.2, 0) is 19.6 Å². The van der Waals surface area contributed by atoms with Gasteiger partial charge >= 0.3 is 0 Å². The highest BCUT2D eigenvalue weighted by atomic mass is 35.5. The lowest BCUT2D eigenvalue weighted by Gasteiger charge is -2.15. The molecule has 0 aliphatic heterocycles. The molecule has 0 bridgehead atoms. The summed E-state index contributed by atoms with van der Waals surface area (Å²) in [4.78, 5) is 7.93. The van der Waals surface area contributed by atoms with Crippen LogP contribution in [0.5, 0.6) is 11.5 Å². The number of rotatable bonds is 10. The second kappa shape index (κ2) is 10.5. The molecule has 0 aliphatic rings. The summed E-state index contributed by atoms with van der Waals surface area (Å²) in [5.41, 5.74) is 3.81. The highest BCUT2D eigenvalue weighted by Gasteiger charge is 2.12. The van der Waals surface area contributed by atoms with Crippen molar-refractivity contribution < 1.29 is 13.9 Å². The molecule has 0 radical (unpaired) electrons. The topological polar surface area (TPSA) is 59.2 Å². The van der Waals surface area contributed by atoms with Gasteiger partial charge in [0, 0.05) is 30.6 Å². The van der Waals surface area contributed by atoms with E-state index in [9.17, 15) is 4.39 Å². The number of para-hydroxylation sites is 2. The first kappa shape index (κ1) is 22.1. The van der Waals surface area contributed by atoms with Gasteiger partial charge in [0.1, 0.15) is 18.2 Å². The van der Waals surface area contributed by atoms with Crippen molar-refractivity contribution >= 4 is 22.6 Å². The Labute approximate surface area is 191 Å². The zero-order chi connectivity index (χ0) is 22.3. The first-order valence-electron chi connectivity index (χ1n) is 10.6. The quantitative estimate of drug-likeness (QED) is 0.304. The molecule has 1 heterocycles. The number of benzene rings is 3. The van der Waals surface area contributed by atoms with Gasteiger partial charge in [-0.25, -0.2) is 9.37 Å². The maximum absolute atomic E-state index is 13.1. The molecule has 0 aliphatic carbocycles. The van der Waals surface area contributed by atoms with Gasteiger partial charge in [-0.2, -0.15) is 0 Å². The van der Waals surface area contributed by atoms with Gasteiger partial charge in [0.15, 0.2) is 11.5 Å². The highest BCUT2D eigenvalue weighted by Crippen LogP contribution is 2.34. The second-order valence-corrected chi connectivity index (χ2v) is 7.77. The van der Waals surface area contributed by atoms with E-state index in [2.05, 4.69) is 15.3 Å². The van der Waals surface area contributed by atoms with Crippen molar-refractivity contribution in [2.75, 3.05) is 13.2 Å². The van der Waals surface area contributed by atoms with E-state index < -0.39 is 0 Å². The fourth-order valence-corrected chi connectivity index (χ4v) is 3.61. The number of aromatic amines is 1. The van der Waals surface area contributed by atoms with E-state index in [1.807, 2.05) is 37.3 Å². The number of imidazole rings is 1. The minimum Gasteiger partial charge on any atom is -0.490 e. The molecule has 0 atom stereocenters. The Balaban J connectivity index is 1.36. The molecular formula is C25H25ClFN3O2. The third kappa shape index (κ3) is 5.58. The molecule has 0 saturated heterocycles. The Morgan fingerprint density at radius 3 is 2.59 bits per heavy atom. The maximum atomic E-state index is 13.1. The SMILES string of the molecule is CCOc1cc(CNCCc2nc3ccccc3[nH]2)c(Cl)cc1OCc1ccc(F)cc1. The summed E-state index contributed by atoms with van der Waals surface area (Å²) in [5.74, 6) is 1.87. The number of hydrogen-bond acceptors (Lipinski definition) is 4. The highest BCUT2D eigenvalue weighted by molar-refractivity contribution is 6.31. The Morgan fingerprint density at radius 1 is 1.03 bits per heavy atom. The molecule has 0 saturated carbocycles. The minimum absolute atomic E-state index is 0.274. The predicted octanol–water partition coefficient (Wildman–Crippen LogP) is 5.67. The van der Waals surface area contributed by atoms with E-state index in [-0.39, 0.29) is 5.82 Å². The maximum Gasteiger partial charge on any atom is 0.163 e. The molecule has 0 unspecified atom stereocenters. The molecule has 1 aromatic heterocycles. The molecular weight excluding hydrogens is 429 g/mol. The summed E-state index contributed by atoms with van der Waals surface area (Å²) in [6.45, 7) is 4.07. The van der Waals surface area contributed by atoms with Crippen molar-refractivity contribution in [3.63, 3.8) is 0 Å². The molecule has 2 N–H and O–H groups in total. The number of nitrogens with one attached hydrogen (secondary N) is 2. The summed E-state index contributed by atoms with van der Waals surface area (Å²) >= 11 is 6.51. The lowest BCUT2D eigenvalue weighted by atomic mass is 10.2. The van der Waals surface area contributed by atoms with E-state index in [4.69, 9.17) is 21.1 Å². The van der Waals surface area contributed by atoms with Crippen LogP contribution in [0.3, 0.4) is 0 Å². The number of fused-ring (bicyclic) bond motifs is 1. The third-order valence-corrected chi connectivity index (χ3v) is 5.36. The summed E-state index contributed by atoms with van der Waals surface area (Å²) in [7, 11) is 0. The Bertz CT molecular complexity index is 1140. The van der Waals surface area contributed by atoms with E-state index in [1.54, 1.807) is 18.2 Å². The summed E-state index contributed by atoms with van der Waals surface area (Å²) < 4.78 is 24.8. The average molecular weight is 454 g/mol. The smallest absolute Gasteiger partial charge is 0.163 e. The molecule has 166 valence electrons. The fourth-order valence-electron chi connectivity index (χ4n) is 3.39. The van der Waals surface area contributed by atoms with Crippen LogP contribution >= 0.6 is 11.6 Å². The van der Waals surface area contributed by atoms with Crippen LogP contribution in [0.15, 0.2) is 60.7 Å². The van der Waals surface area contributed by atoms with Crippen molar-refractivity contribution in [3.05, 3.63) is 88.5 Å². The summed E-state index contributed by atoms with van der Waals surface area (Å²) in [6.07, 6.45) is 0.781. The number of nitrogens with zero attached hydrogens (tertiary/aromatic N) is 1. The van der Waals surface area contributed by atoms with Crippen LogP contribution in [0.2, 0.25) is 5.02 Å². The van der Waals surface area contributed by atoms with Crippen LogP contribution in [0.4, 0.5) is 4.39 Å². The van der Waals surface area contributed by atoms with Gasteiger partial charge < -0.3 is 19.8 Å². The molecule has 4 aromatic rings. The van der Waals surface area contributed by atoms with Crippen LogP contribution < -0.4 is 14.8 Å². The molecule has 0 amide bonds. The van der Waals surface area contributed by atoms with Gasteiger partial charge in [-0.15, -0.1) is 0 Å². The predicted molar refractivity (Wildman–Crippen MR) is 125 cm³/mol. The standard InChI is InChI=1S/C25H25ClFN3O2/c1-2-31-23-13-18(15-28-12-11-25-29-21-5-3-4-6-22(21)30-25)20(26)14-24(23)32-16-17-7-9-19(27)10-8-17/h3-10,13-14,28H,2,11-12,15-16H2,1H3,(H,29,30). The van der Waals surface area contributed by atoms with Crippen LogP contribution in [0.1, 0.15) is 23.9 Å². The van der Waals surface area contributed by atoms with E-state index in [0.717, 1.165) is 41.0 Å². The average Bonchev–Trinajstić information content (AvgIpc) is 3.21. The molecule has 3 aromatic carbocycles. The van der Waals surface area contributed by atoms with Crippen molar-refractivity contribution in [1.82, 2.24) is 15.3 Å². The molecule has 7 heteroatoms. The third-order valence-electron chi connectivity index (χ3n) is 5.01. The molecule has 32 heavy (non-hydrogen) atoms. The van der Waals surface area contributed by atoms with Crippen LogP contribution in [0, 0.1) is 5.82 Å². The van der Waals surface area contributed by atoms with Crippen LogP contribution in [-0.4, -0.2) is 23.1 Å². The number of halogens is 2. The lowest BCUT2D eigenvalue weighted by Crippen LogP contribution is -2.17. The van der Waals surface area contributed by atoms with E-state index >= 15 is 0 Å². The Kier molecular flexibility index (Phi) is 7.24. The Hall–Kier alpha value is -3.09. The van der Waals surface area contributed by atoms with Gasteiger partial charge in [-0.1, -0.05) is 35.9 Å². The fraction of sp³-hybridized carbons (Fsp3) is 0.240. The van der Waals surface area contributed by atoms with Crippen LogP contribution in [0.25, 0.3) is 11.0 Å². The molecule has 0 fully saturated rings. The van der Waals surface area contributed by atoms with Gasteiger partial charge in [-0.3, -0.25) is 0 Å². The first-order valence-corrected chi connectivity index (χ1v) is 11.0. The molecule has 0 spiro atoms. The zero-order valence-corrected chi connectivity index (χ0v) is 18.6. The monoisotopic (exact) mass is 453 g/mol. The zero-order valence-electron chi connectivity index (χ0n) is 17.8. The summed E-state index contributed by atoms with van der Waals surface area (Å²) in [6, 6.07) is 17.9. The normalized spacial score (nSPS) is 11.1. The van der Waals surface area contributed by atoms with E-state index in [0.29, 0.717) is 36.3 Å². The van der Waals surface area contributed by atoms with Crippen molar-refractivity contribution in [3.8, 4) is 11.5 Å². The molecule has 4 rings (SSSR count). The minimum atomic E-state index is -0.274. The van der Waals surface area contributed by atoms with Gasteiger partial charge in [0.25, 0.3) is 0 Å². The van der Waals surface area contributed by atoms with Gasteiger partial charge in [0.05, 0.1) is 17.6 Å².